The van der Waals surface area contributed by atoms with Crippen LogP contribution in [0, 0.1) is 11.5 Å². The number of nitriles is 1. The molecule has 2 aromatic rings. The molecule has 156 valence electrons. The molecule has 30 heavy (non-hydrogen) atoms. The van der Waals surface area contributed by atoms with Crippen molar-refractivity contribution >= 4 is 41.0 Å². The maximum atomic E-state index is 11.9. The zero-order valence-corrected chi connectivity index (χ0v) is 17.5. The number of aromatic nitrogens is 1. The van der Waals surface area contributed by atoms with E-state index in [1.807, 2.05) is 13.8 Å². The Bertz CT molecular complexity index is 1080. The summed E-state index contributed by atoms with van der Waals surface area (Å²) in [7, 11) is 0. The lowest BCUT2D eigenvalue weighted by Crippen LogP contribution is -2.19. The molecule has 0 radical (unpaired) electrons. The lowest BCUT2D eigenvalue weighted by atomic mass is 10.3. The second-order valence-corrected chi connectivity index (χ2v) is 6.82. The number of carbonyl (C=O) groups excluding carboxylic acids is 2. The average molecular weight is 452 g/mol. The predicted octanol–water partition coefficient (Wildman–Crippen LogP) is 4.87. The van der Waals surface area contributed by atoms with E-state index in [0.717, 1.165) is 6.92 Å². The summed E-state index contributed by atoms with van der Waals surface area (Å²) in [6, 6.07) is 5.35. The summed E-state index contributed by atoms with van der Waals surface area (Å²) in [6.07, 6.45) is 1.89. The van der Waals surface area contributed by atoms with Crippen molar-refractivity contribution in [2.24, 2.45) is 10.3 Å². The number of halogens is 2. The maximum Gasteiger partial charge on any atom is 0.461 e. The van der Waals surface area contributed by atoms with Gasteiger partial charge in [0.25, 0.3) is 5.56 Å². The van der Waals surface area contributed by atoms with Gasteiger partial charge in [0, 0.05) is 19.0 Å². The monoisotopic (exact) mass is 451 g/mol. The SMILES string of the molecule is CC(=O)OC(=O)/N=N/N(C#N)c1cc(Cl)c(Oc2ccc(=O)n(C(C)C)c2)c(Cl)c1. The number of anilines is 1. The molecule has 1 amide bonds. The molecule has 2 rings (SSSR count). The summed E-state index contributed by atoms with van der Waals surface area (Å²) in [5.41, 5.74) is -0.116. The first-order valence-corrected chi connectivity index (χ1v) is 9.11. The number of pyridine rings is 1. The average Bonchev–Trinajstić information content (AvgIpc) is 2.65. The van der Waals surface area contributed by atoms with Gasteiger partial charge in [0.1, 0.15) is 5.75 Å². The third-order valence-corrected chi connectivity index (χ3v) is 4.02. The Hall–Kier alpha value is -3.42. The number of hydrogen-bond donors (Lipinski definition) is 0. The Morgan fingerprint density at radius 2 is 1.87 bits per heavy atom. The first-order valence-electron chi connectivity index (χ1n) is 8.35. The Balaban J connectivity index is 2.31. The molecular formula is C18H15Cl2N5O5. The van der Waals surface area contributed by atoms with Gasteiger partial charge in [0.2, 0.25) is 6.19 Å². The van der Waals surface area contributed by atoms with Crippen LogP contribution in [0.4, 0.5) is 10.5 Å². The van der Waals surface area contributed by atoms with Crippen LogP contribution in [-0.2, 0) is 9.53 Å². The number of ether oxygens (including phenoxy) is 2. The van der Waals surface area contributed by atoms with Crippen molar-refractivity contribution in [2.75, 3.05) is 5.01 Å². The number of benzene rings is 1. The molecule has 1 heterocycles. The molecule has 0 bridgehead atoms. The normalized spacial score (nSPS) is 10.7. The lowest BCUT2D eigenvalue weighted by Gasteiger charge is -2.15. The number of rotatable bonds is 5. The van der Waals surface area contributed by atoms with Crippen molar-refractivity contribution in [3.63, 3.8) is 0 Å². The summed E-state index contributed by atoms with van der Waals surface area (Å²) in [4.78, 5) is 33.8. The molecule has 0 saturated heterocycles. The van der Waals surface area contributed by atoms with Crippen molar-refractivity contribution in [2.45, 2.75) is 26.8 Å². The van der Waals surface area contributed by atoms with Crippen molar-refractivity contribution in [3.8, 4) is 17.7 Å². The molecule has 10 nitrogen and oxygen atoms in total. The van der Waals surface area contributed by atoms with Crippen LogP contribution in [0.25, 0.3) is 0 Å². The van der Waals surface area contributed by atoms with Crippen LogP contribution in [0.1, 0.15) is 26.8 Å². The van der Waals surface area contributed by atoms with Gasteiger partial charge in [-0.1, -0.05) is 28.3 Å². The fourth-order valence-corrected chi connectivity index (χ4v) is 2.74. The van der Waals surface area contributed by atoms with Crippen LogP contribution < -0.4 is 15.3 Å². The molecule has 0 atom stereocenters. The van der Waals surface area contributed by atoms with Gasteiger partial charge in [0.05, 0.1) is 21.9 Å². The van der Waals surface area contributed by atoms with E-state index >= 15 is 0 Å². The fraction of sp³-hybridized carbons (Fsp3) is 0.222. The number of amides is 1. The van der Waals surface area contributed by atoms with Gasteiger partial charge in [-0.05, 0) is 37.3 Å². The zero-order valence-electron chi connectivity index (χ0n) is 16.0. The first-order chi connectivity index (χ1) is 14.1. The van der Waals surface area contributed by atoms with E-state index in [4.69, 9.17) is 27.9 Å². The number of nitrogens with zero attached hydrogens (tertiary/aromatic N) is 5. The highest BCUT2D eigenvalue weighted by molar-refractivity contribution is 6.37. The number of esters is 1. The minimum atomic E-state index is -1.29. The van der Waals surface area contributed by atoms with Gasteiger partial charge in [-0.2, -0.15) is 5.26 Å². The van der Waals surface area contributed by atoms with Crippen LogP contribution in [0.3, 0.4) is 0 Å². The van der Waals surface area contributed by atoms with E-state index in [-0.39, 0.29) is 33.1 Å². The van der Waals surface area contributed by atoms with Crippen molar-refractivity contribution in [1.29, 1.82) is 5.26 Å². The number of hydrogen-bond acceptors (Lipinski definition) is 7. The second kappa shape index (κ2) is 9.87. The predicted molar refractivity (Wildman–Crippen MR) is 108 cm³/mol. The molecular weight excluding hydrogens is 437 g/mol. The summed E-state index contributed by atoms with van der Waals surface area (Å²) in [6.45, 7) is 4.70. The summed E-state index contributed by atoms with van der Waals surface area (Å²) in [5, 5.41) is 16.4. The molecule has 0 aliphatic carbocycles. The standard InChI is InChI=1S/C18H15Cl2N5O5/c1-10(2)24-8-13(4-5-16(24)27)30-17-14(19)6-12(7-15(17)20)25(9-21)23-22-18(28)29-11(3)26/h4-8,10H,1-3H3/b23-22+. The zero-order chi connectivity index (χ0) is 22.4. The Morgan fingerprint density at radius 3 is 2.40 bits per heavy atom. The first kappa shape index (κ1) is 22.9. The molecule has 12 heteroatoms. The lowest BCUT2D eigenvalue weighted by molar-refractivity contribution is -0.134. The van der Waals surface area contributed by atoms with Gasteiger partial charge >= 0.3 is 12.1 Å². The second-order valence-electron chi connectivity index (χ2n) is 6.01. The number of carbonyl (C=O) groups is 2. The molecule has 1 aromatic carbocycles. The quantitative estimate of drug-likeness (QED) is 0.158. The van der Waals surface area contributed by atoms with Crippen LogP contribution in [0.2, 0.25) is 10.0 Å². The molecule has 0 saturated carbocycles. The summed E-state index contributed by atoms with van der Waals surface area (Å²) in [5.74, 6) is -0.468. The van der Waals surface area contributed by atoms with Gasteiger partial charge in [-0.15, -0.1) is 5.01 Å². The topological polar surface area (TPSA) is 126 Å². The molecule has 0 spiro atoms. The maximum absolute atomic E-state index is 11.9. The largest absolute Gasteiger partial charge is 0.461 e. The highest BCUT2D eigenvalue weighted by atomic mass is 35.5. The van der Waals surface area contributed by atoms with Gasteiger partial charge < -0.3 is 14.0 Å². The fourth-order valence-electron chi connectivity index (χ4n) is 2.19. The van der Waals surface area contributed by atoms with E-state index in [2.05, 4.69) is 15.1 Å². The van der Waals surface area contributed by atoms with Gasteiger partial charge in [-0.25, -0.2) is 4.79 Å². The molecule has 0 aliphatic rings. The van der Waals surface area contributed by atoms with E-state index in [0.29, 0.717) is 10.8 Å². The van der Waals surface area contributed by atoms with E-state index in [9.17, 15) is 19.6 Å². The van der Waals surface area contributed by atoms with Crippen molar-refractivity contribution < 1.29 is 19.1 Å². The molecule has 0 fully saturated rings. The molecule has 1 aromatic heterocycles. The van der Waals surface area contributed by atoms with Crippen molar-refractivity contribution in [3.05, 3.63) is 50.9 Å². The van der Waals surface area contributed by atoms with Gasteiger partial charge in [-0.3, -0.25) is 9.59 Å². The van der Waals surface area contributed by atoms with E-state index < -0.39 is 12.1 Å². The van der Waals surface area contributed by atoms with E-state index in [1.54, 1.807) is 6.19 Å². The Labute approximate surface area is 180 Å². The van der Waals surface area contributed by atoms with E-state index in [1.165, 1.54) is 35.0 Å². The minimum absolute atomic E-state index is 0.0292. The summed E-state index contributed by atoms with van der Waals surface area (Å²) >= 11 is 12.5. The minimum Gasteiger partial charge on any atom is -0.453 e. The highest BCUT2D eigenvalue weighted by Crippen LogP contribution is 2.39. The molecule has 0 aliphatic heterocycles. The smallest absolute Gasteiger partial charge is 0.453 e. The van der Waals surface area contributed by atoms with Crippen LogP contribution in [0.15, 0.2) is 45.6 Å². The third kappa shape index (κ3) is 5.79. The summed E-state index contributed by atoms with van der Waals surface area (Å²) < 4.78 is 11.4. The Kier molecular flexibility index (Phi) is 7.52. The highest BCUT2D eigenvalue weighted by Gasteiger charge is 2.16. The van der Waals surface area contributed by atoms with Crippen LogP contribution in [-0.4, -0.2) is 16.6 Å². The van der Waals surface area contributed by atoms with Crippen molar-refractivity contribution in [1.82, 2.24) is 4.57 Å². The molecule has 0 unspecified atom stereocenters. The Morgan fingerprint density at radius 1 is 1.23 bits per heavy atom. The molecule has 0 N–H and O–H groups in total. The van der Waals surface area contributed by atoms with Gasteiger partial charge in [0.15, 0.2) is 5.75 Å². The third-order valence-electron chi connectivity index (χ3n) is 3.46. The van der Waals surface area contributed by atoms with Crippen LogP contribution >= 0.6 is 23.2 Å². The van der Waals surface area contributed by atoms with Crippen LogP contribution in [0.5, 0.6) is 11.5 Å².